The molecule has 8 heteroatoms. The van der Waals surface area contributed by atoms with Gasteiger partial charge in [-0.2, -0.15) is 9.41 Å². The zero-order valence-electron chi connectivity index (χ0n) is 18.5. The van der Waals surface area contributed by atoms with Crippen molar-refractivity contribution in [2.75, 3.05) is 6.54 Å². The number of aryl methyl sites for hydroxylation is 2. The van der Waals surface area contributed by atoms with Crippen molar-refractivity contribution in [2.24, 2.45) is 5.10 Å². The van der Waals surface area contributed by atoms with Gasteiger partial charge in [0.15, 0.2) is 0 Å². The molecule has 1 amide bonds. The number of carbonyl (C=O) groups excluding carboxylic acids is 1. The lowest BCUT2D eigenvalue weighted by molar-refractivity contribution is -0.121. The van der Waals surface area contributed by atoms with Crippen LogP contribution in [-0.4, -0.2) is 31.4 Å². The number of halogens is 1. The van der Waals surface area contributed by atoms with Crippen LogP contribution in [0, 0.1) is 6.92 Å². The van der Waals surface area contributed by atoms with Crippen LogP contribution in [-0.2, 0) is 27.8 Å². The molecule has 3 aromatic rings. The van der Waals surface area contributed by atoms with Crippen molar-refractivity contribution >= 4 is 33.7 Å². The van der Waals surface area contributed by atoms with Crippen LogP contribution in [0.4, 0.5) is 0 Å². The lowest BCUT2D eigenvalue weighted by atomic mass is 10.1. The van der Waals surface area contributed by atoms with Crippen molar-refractivity contribution in [1.29, 1.82) is 0 Å². The number of nitrogens with zero attached hydrogens (tertiary/aromatic N) is 2. The minimum atomic E-state index is -3.93. The van der Waals surface area contributed by atoms with Gasteiger partial charge < -0.3 is 0 Å². The van der Waals surface area contributed by atoms with Crippen molar-refractivity contribution in [2.45, 2.75) is 31.7 Å². The average molecular weight is 484 g/mol. The first-order valence-electron chi connectivity index (χ1n) is 10.5. The Morgan fingerprint density at radius 2 is 1.73 bits per heavy atom. The molecule has 172 valence electrons. The lowest BCUT2D eigenvalue weighted by Gasteiger charge is -2.21. The maximum Gasteiger partial charge on any atom is 0.255 e. The molecule has 33 heavy (non-hydrogen) atoms. The summed E-state index contributed by atoms with van der Waals surface area (Å²) in [4.78, 5) is 12.7. The molecule has 3 aromatic carbocycles. The fraction of sp³-hybridized carbons (Fsp3) is 0.200. The van der Waals surface area contributed by atoms with Crippen LogP contribution in [0.3, 0.4) is 0 Å². The third-order valence-electron chi connectivity index (χ3n) is 5.02. The van der Waals surface area contributed by atoms with E-state index in [2.05, 4.69) is 17.5 Å². The van der Waals surface area contributed by atoms with Gasteiger partial charge in [-0.1, -0.05) is 72.6 Å². The van der Waals surface area contributed by atoms with Crippen LogP contribution in [0.5, 0.6) is 0 Å². The largest absolute Gasteiger partial charge is 0.272 e. The zero-order chi connectivity index (χ0) is 23.8. The molecule has 1 N–H and O–H groups in total. The van der Waals surface area contributed by atoms with E-state index < -0.39 is 22.5 Å². The fourth-order valence-electron chi connectivity index (χ4n) is 3.14. The summed E-state index contributed by atoms with van der Waals surface area (Å²) in [7, 11) is -3.93. The van der Waals surface area contributed by atoms with Crippen LogP contribution in [0.15, 0.2) is 82.8 Å². The van der Waals surface area contributed by atoms with Crippen molar-refractivity contribution in [3.8, 4) is 0 Å². The Kier molecular flexibility index (Phi) is 8.38. The molecule has 0 fully saturated rings. The third kappa shape index (κ3) is 6.99. The molecule has 0 aliphatic heterocycles. The summed E-state index contributed by atoms with van der Waals surface area (Å²) in [6, 6.07) is 21.2. The van der Waals surface area contributed by atoms with Gasteiger partial charge in [0.2, 0.25) is 10.0 Å². The zero-order valence-corrected chi connectivity index (χ0v) is 20.1. The first-order valence-corrected chi connectivity index (χ1v) is 12.3. The number of hydrazone groups is 1. The number of benzene rings is 3. The number of hydrogen-bond acceptors (Lipinski definition) is 4. The van der Waals surface area contributed by atoms with Crippen molar-refractivity contribution in [1.82, 2.24) is 9.73 Å². The van der Waals surface area contributed by atoms with E-state index in [1.54, 1.807) is 36.4 Å². The third-order valence-corrected chi connectivity index (χ3v) is 7.06. The minimum Gasteiger partial charge on any atom is -0.272 e. The van der Waals surface area contributed by atoms with Crippen molar-refractivity contribution < 1.29 is 13.2 Å². The van der Waals surface area contributed by atoms with E-state index in [9.17, 15) is 13.2 Å². The van der Waals surface area contributed by atoms with E-state index in [4.69, 9.17) is 11.6 Å². The Hall–Kier alpha value is -3.00. The van der Waals surface area contributed by atoms with Gasteiger partial charge in [0.25, 0.3) is 5.91 Å². The van der Waals surface area contributed by atoms with Crippen LogP contribution in [0.1, 0.15) is 29.2 Å². The van der Waals surface area contributed by atoms with Gasteiger partial charge in [0.1, 0.15) is 0 Å². The number of rotatable bonds is 9. The Bertz CT molecular complexity index is 1220. The van der Waals surface area contributed by atoms with E-state index in [-0.39, 0.29) is 11.4 Å². The molecule has 0 aliphatic rings. The summed E-state index contributed by atoms with van der Waals surface area (Å²) in [5.74, 6) is -0.547. The van der Waals surface area contributed by atoms with Crippen LogP contribution >= 0.6 is 11.6 Å². The minimum absolute atomic E-state index is 0.00756. The molecular weight excluding hydrogens is 458 g/mol. The second-order valence-corrected chi connectivity index (χ2v) is 9.98. The fourth-order valence-corrected chi connectivity index (χ4v) is 4.74. The standard InChI is InChI=1S/C25H26ClN3O3S/c1-3-20-9-11-21(12-10-20)16-27-28-25(30)18-29(17-22-5-4-6-23(26)15-22)33(31,32)24-13-7-19(2)8-14-24/h4-16H,3,17-18H2,1-2H3,(H,28,30)/b27-16-. The molecule has 0 heterocycles. The summed E-state index contributed by atoms with van der Waals surface area (Å²) in [5.41, 5.74) is 6.06. The quantitative estimate of drug-likeness (QED) is 0.358. The second-order valence-electron chi connectivity index (χ2n) is 7.60. The highest BCUT2D eigenvalue weighted by Gasteiger charge is 2.27. The average Bonchev–Trinajstić information content (AvgIpc) is 2.79. The number of nitrogens with one attached hydrogen (secondary N) is 1. The predicted octanol–water partition coefficient (Wildman–Crippen LogP) is 4.55. The Morgan fingerprint density at radius 1 is 1.03 bits per heavy atom. The number of carbonyl (C=O) groups is 1. The maximum atomic E-state index is 13.3. The molecule has 0 bridgehead atoms. The van der Waals surface area contributed by atoms with Gasteiger partial charge in [-0.25, -0.2) is 13.8 Å². The molecular formula is C25H26ClN3O3S. The van der Waals surface area contributed by atoms with E-state index in [0.29, 0.717) is 10.6 Å². The molecule has 0 radical (unpaired) electrons. The predicted molar refractivity (Wildman–Crippen MR) is 132 cm³/mol. The van der Waals surface area contributed by atoms with Crippen LogP contribution in [0.25, 0.3) is 0 Å². The highest BCUT2D eigenvalue weighted by molar-refractivity contribution is 7.89. The van der Waals surface area contributed by atoms with Crippen LogP contribution in [0.2, 0.25) is 5.02 Å². The molecule has 0 aliphatic carbocycles. The molecule has 0 spiro atoms. The number of hydrogen-bond donors (Lipinski definition) is 1. The van der Waals surface area contributed by atoms with Gasteiger partial charge in [0.05, 0.1) is 17.7 Å². The number of amides is 1. The molecule has 0 atom stereocenters. The summed E-state index contributed by atoms with van der Waals surface area (Å²) in [5, 5.41) is 4.46. The highest BCUT2D eigenvalue weighted by atomic mass is 35.5. The topological polar surface area (TPSA) is 78.8 Å². The van der Waals surface area contributed by atoms with E-state index in [1.165, 1.54) is 23.9 Å². The first kappa shape index (κ1) is 24.6. The number of sulfonamides is 1. The normalized spacial score (nSPS) is 11.8. The molecule has 6 nitrogen and oxygen atoms in total. The van der Waals surface area contributed by atoms with Gasteiger partial charge in [-0.15, -0.1) is 0 Å². The van der Waals surface area contributed by atoms with Gasteiger partial charge in [0, 0.05) is 11.6 Å². The highest BCUT2D eigenvalue weighted by Crippen LogP contribution is 2.20. The molecule has 0 aromatic heterocycles. The van der Waals surface area contributed by atoms with Gasteiger partial charge >= 0.3 is 0 Å². The Balaban J connectivity index is 1.77. The first-order chi connectivity index (χ1) is 15.8. The maximum absolute atomic E-state index is 13.3. The van der Waals surface area contributed by atoms with Gasteiger partial charge in [-0.05, 0) is 54.3 Å². The smallest absolute Gasteiger partial charge is 0.255 e. The molecule has 0 saturated carbocycles. The molecule has 0 saturated heterocycles. The monoisotopic (exact) mass is 483 g/mol. The SMILES string of the molecule is CCc1ccc(/C=N\NC(=O)CN(Cc2cccc(Cl)c2)S(=O)(=O)c2ccc(C)cc2)cc1. The van der Waals surface area contributed by atoms with E-state index in [1.807, 2.05) is 31.2 Å². The van der Waals surface area contributed by atoms with Crippen molar-refractivity contribution in [3.63, 3.8) is 0 Å². The van der Waals surface area contributed by atoms with Crippen LogP contribution < -0.4 is 5.43 Å². The van der Waals surface area contributed by atoms with E-state index in [0.717, 1.165) is 21.9 Å². The lowest BCUT2D eigenvalue weighted by Crippen LogP contribution is -2.39. The van der Waals surface area contributed by atoms with Crippen molar-refractivity contribution in [3.05, 3.63) is 100 Å². The molecule has 3 rings (SSSR count). The Morgan fingerprint density at radius 3 is 2.36 bits per heavy atom. The summed E-state index contributed by atoms with van der Waals surface area (Å²) in [6.45, 7) is 3.55. The Labute approximate surface area is 200 Å². The summed E-state index contributed by atoms with van der Waals surface area (Å²) < 4.78 is 27.7. The summed E-state index contributed by atoms with van der Waals surface area (Å²) in [6.07, 6.45) is 2.46. The van der Waals surface area contributed by atoms with Gasteiger partial charge in [-0.3, -0.25) is 4.79 Å². The second kappa shape index (κ2) is 11.2. The molecule has 0 unspecified atom stereocenters. The summed E-state index contributed by atoms with van der Waals surface area (Å²) >= 11 is 6.06. The van der Waals surface area contributed by atoms with E-state index >= 15 is 0 Å².